The van der Waals surface area contributed by atoms with E-state index in [1.165, 1.54) is 21.7 Å². The van der Waals surface area contributed by atoms with E-state index in [4.69, 9.17) is 0 Å². The first-order valence-electron chi connectivity index (χ1n) is 7.99. The zero-order valence-electron chi connectivity index (χ0n) is 14.2. The van der Waals surface area contributed by atoms with Gasteiger partial charge in [-0.05, 0) is 31.9 Å². The van der Waals surface area contributed by atoms with Crippen LogP contribution in [0.3, 0.4) is 0 Å². The molecule has 0 radical (unpaired) electrons. The summed E-state index contributed by atoms with van der Waals surface area (Å²) >= 11 is 1.69. The van der Waals surface area contributed by atoms with E-state index in [0.717, 1.165) is 17.1 Å². The van der Waals surface area contributed by atoms with Crippen LogP contribution >= 0.6 is 11.3 Å². The average molecular weight is 335 g/mol. The number of aromatic nitrogens is 1. The van der Waals surface area contributed by atoms with Crippen molar-refractivity contribution in [3.63, 3.8) is 0 Å². The van der Waals surface area contributed by atoms with Crippen LogP contribution in [0, 0.1) is 6.92 Å². The van der Waals surface area contributed by atoms with Gasteiger partial charge in [0.25, 0.3) is 0 Å². The monoisotopic (exact) mass is 335 g/mol. The molecule has 0 unspecified atom stereocenters. The van der Waals surface area contributed by atoms with Crippen LogP contribution in [0.2, 0.25) is 0 Å². The summed E-state index contributed by atoms with van der Waals surface area (Å²) in [6, 6.07) is 21.0. The third kappa shape index (κ3) is 3.71. The van der Waals surface area contributed by atoms with Gasteiger partial charge in [0.15, 0.2) is 0 Å². The summed E-state index contributed by atoms with van der Waals surface area (Å²) in [6.07, 6.45) is 0. The molecule has 1 aromatic heterocycles. The predicted molar refractivity (Wildman–Crippen MR) is 102 cm³/mol. The first kappa shape index (κ1) is 16.4. The summed E-state index contributed by atoms with van der Waals surface area (Å²) in [7, 11) is 0. The van der Waals surface area contributed by atoms with E-state index < -0.39 is 0 Å². The molecule has 0 aliphatic carbocycles. The number of thiazole rings is 1. The number of nitrogens with zero attached hydrogens (tertiary/aromatic N) is 3. The van der Waals surface area contributed by atoms with Gasteiger partial charge in [-0.1, -0.05) is 72.0 Å². The Kier molecular flexibility index (Phi) is 5.06. The third-order valence-corrected chi connectivity index (χ3v) is 4.63. The van der Waals surface area contributed by atoms with Crippen LogP contribution in [0.4, 0.5) is 0 Å². The van der Waals surface area contributed by atoms with Gasteiger partial charge in [0.05, 0.1) is 12.2 Å². The Labute approximate surface area is 146 Å². The van der Waals surface area contributed by atoms with Gasteiger partial charge in [-0.2, -0.15) is 5.10 Å². The van der Waals surface area contributed by atoms with Gasteiger partial charge in [0, 0.05) is 10.6 Å². The molecule has 0 N–H and O–H groups in total. The van der Waals surface area contributed by atoms with Crippen molar-refractivity contribution in [3.05, 3.63) is 75.9 Å². The lowest BCUT2D eigenvalue weighted by Crippen LogP contribution is -2.16. The molecule has 0 spiro atoms. The molecule has 0 aliphatic heterocycles. The summed E-state index contributed by atoms with van der Waals surface area (Å²) in [4.78, 5) is 2.18. The zero-order chi connectivity index (χ0) is 16.9. The molecule has 0 saturated carbocycles. The van der Waals surface area contributed by atoms with E-state index >= 15 is 0 Å². The van der Waals surface area contributed by atoms with Gasteiger partial charge in [-0.15, -0.1) is 5.10 Å². The van der Waals surface area contributed by atoms with E-state index in [1.807, 2.05) is 26.0 Å². The molecule has 3 aromatic rings. The van der Waals surface area contributed by atoms with Gasteiger partial charge >= 0.3 is 0 Å². The minimum Gasteiger partial charge on any atom is -0.310 e. The normalized spacial score (nSPS) is 11.5. The maximum Gasteiger partial charge on any atom is 0.211 e. The summed E-state index contributed by atoms with van der Waals surface area (Å²) in [5.74, 6) is 0. The first-order valence-corrected chi connectivity index (χ1v) is 8.81. The Morgan fingerprint density at radius 1 is 0.958 bits per heavy atom. The van der Waals surface area contributed by atoms with Crippen molar-refractivity contribution in [2.45, 2.75) is 27.3 Å². The number of hydrogen-bond donors (Lipinski definition) is 0. The van der Waals surface area contributed by atoms with Crippen molar-refractivity contribution >= 4 is 17.0 Å². The van der Waals surface area contributed by atoms with Crippen molar-refractivity contribution in [2.24, 2.45) is 10.2 Å². The minimum atomic E-state index is 0.784. The largest absolute Gasteiger partial charge is 0.310 e. The zero-order valence-corrected chi connectivity index (χ0v) is 15.0. The molecule has 0 bridgehead atoms. The Morgan fingerprint density at radius 2 is 1.58 bits per heavy atom. The van der Waals surface area contributed by atoms with Gasteiger partial charge in [-0.25, -0.2) is 0 Å². The molecule has 4 heteroatoms. The van der Waals surface area contributed by atoms with Gasteiger partial charge in [0.1, 0.15) is 0 Å². The van der Waals surface area contributed by atoms with Gasteiger partial charge in [-0.3, -0.25) is 0 Å². The van der Waals surface area contributed by atoms with Crippen molar-refractivity contribution in [1.29, 1.82) is 0 Å². The smallest absolute Gasteiger partial charge is 0.211 e. The fourth-order valence-corrected chi connectivity index (χ4v) is 3.56. The Hall–Kier alpha value is -2.46. The summed E-state index contributed by atoms with van der Waals surface area (Å²) in [6.45, 7) is 6.86. The van der Waals surface area contributed by atoms with Gasteiger partial charge in [0.2, 0.25) is 4.80 Å². The predicted octanol–water partition coefficient (Wildman–Crippen LogP) is 4.87. The van der Waals surface area contributed by atoms with E-state index in [1.54, 1.807) is 11.3 Å². The lowest BCUT2D eigenvalue weighted by Gasteiger charge is -2.10. The van der Waals surface area contributed by atoms with E-state index in [0.29, 0.717) is 0 Å². The van der Waals surface area contributed by atoms with Crippen LogP contribution < -0.4 is 4.80 Å². The highest BCUT2D eigenvalue weighted by Gasteiger charge is 2.13. The van der Waals surface area contributed by atoms with Crippen LogP contribution in [-0.4, -0.2) is 10.3 Å². The molecule has 0 amide bonds. The fraction of sp³-hybridized carbons (Fsp3) is 0.200. The van der Waals surface area contributed by atoms with Crippen LogP contribution in [0.1, 0.15) is 24.3 Å². The lowest BCUT2D eigenvalue weighted by atomic mass is 10.1. The van der Waals surface area contributed by atoms with Crippen LogP contribution in [-0.2, 0) is 6.54 Å². The maximum absolute atomic E-state index is 4.48. The standard InChI is InChI=1S/C20H21N3S/c1-15(2)21-22-20-23(14-17-10-6-4-7-11-17)19(16(3)24-20)18-12-8-5-9-13-18/h4-13H,14H2,1-3H3/b22-20-. The second-order valence-electron chi connectivity index (χ2n) is 5.87. The number of aryl methyl sites for hydroxylation is 1. The molecule has 2 aromatic carbocycles. The van der Waals surface area contributed by atoms with E-state index in [9.17, 15) is 0 Å². The number of hydrogen-bond acceptors (Lipinski definition) is 3. The highest BCUT2D eigenvalue weighted by atomic mass is 32.1. The molecule has 0 saturated heterocycles. The van der Waals surface area contributed by atoms with E-state index in [-0.39, 0.29) is 0 Å². The molecule has 0 aliphatic rings. The molecule has 1 heterocycles. The third-order valence-electron chi connectivity index (χ3n) is 3.64. The maximum atomic E-state index is 4.48. The van der Waals surface area contributed by atoms with Crippen LogP contribution in [0.15, 0.2) is 70.9 Å². The molecular formula is C20H21N3S. The topological polar surface area (TPSA) is 29.6 Å². The second kappa shape index (κ2) is 7.41. The van der Waals surface area contributed by atoms with Crippen molar-refractivity contribution in [2.75, 3.05) is 0 Å². The van der Waals surface area contributed by atoms with Crippen molar-refractivity contribution < 1.29 is 0 Å². The summed E-state index contributed by atoms with van der Waals surface area (Å²) < 4.78 is 2.26. The minimum absolute atomic E-state index is 0.784. The molecule has 0 fully saturated rings. The molecule has 24 heavy (non-hydrogen) atoms. The van der Waals surface area contributed by atoms with Crippen molar-refractivity contribution in [1.82, 2.24) is 4.57 Å². The quantitative estimate of drug-likeness (QED) is 0.481. The molecule has 122 valence electrons. The first-order chi connectivity index (χ1) is 11.6. The van der Waals surface area contributed by atoms with Crippen LogP contribution in [0.5, 0.6) is 0 Å². The molecule has 3 nitrogen and oxygen atoms in total. The molecule has 3 rings (SSSR count). The number of rotatable bonds is 4. The summed E-state index contributed by atoms with van der Waals surface area (Å²) in [5.41, 5.74) is 4.63. The Balaban J connectivity index is 2.18. The van der Waals surface area contributed by atoms with Gasteiger partial charge < -0.3 is 4.57 Å². The Morgan fingerprint density at radius 3 is 2.21 bits per heavy atom. The second-order valence-corrected chi connectivity index (χ2v) is 7.06. The lowest BCUT2D eigenvalue weighted by molar-refractivity contribution is 0.766. The number of benzene rings is 2. The van der Waals surface area contributed by atoms with Crippen molar-refractivity contribution in [3.8, 4) is 11.3 Å². The Bertz CT molecular complexity index is 899. The fourth-order valence-electron chi connectivity index (χ4n) is 2.61. The summed E-state index contributed by atoms with van der Waals surface area (Å²) in [5, 5.41) is 8.75. The molecule has 0 atom stereocenters. The SMILES string of the molecule is CC(C)=N/N=c1\sc(C)c(-c2ccccc2)n1Cc1ccccc1. The highest BCUT2D eigenvalue weighted by Crippen LogP contribution is 2.25. The average Bonchev–Trinajstić information content (AvgIpc) is 2.90. The van der Waals surface area contributed by atoms with E-state index in [2.05, 4.69) is 70.2 Å². The highest BCUT2D eigenvalue weighted by molar-refractivity contribution is 7.09. The molecular weight excluding hydrogens is 314 g/mol. The van der Waals surface area contributed by atoms with Crippen LogP contribution in [0.25, 0.3) is 11.3 Å².